The van der Waals surface area contributed by atoms with E-state index >= 15 is 0 Å². The summed E-state index contributed by atoms with van der Waals surface area (Å²) in [6, 6.07) is 12.9. The number of nitrogens with two attached hydrogens (primary N) is 1. The van der Waals surface area contributed by atoms with Gasteiger partial charge in [0.25, 0.3) is 0 Å². The van der Waals surface area contributed by atoms with Crippen molar-refractivity contribution >= 4 is 17.6 Å². The number of aromatic nitrogens is 2. The summed E-state index contributed by atoms with van der Waals surface area (Å²) >= 11 is 5.88. The average molecular weight is 347 g/mol. The lowest BCUT2D eigenvalue weighted by Crippen LogP contribution is -2.06. The highest BCUT2D eigenvalue weighted by molar-refractivity contribution is 6.30. The summed E-state index contributed by atoms with van der Waals surface area (Å²) in [5.41, 5.74) is 3.97. The minimum Gasteiger partial charge on any atom is -0.493 e. The second-order valence-electron chi connectivity index (χ2n) is 4.84. The lowest BCUT2D eigenvalue weighted by atomic mass is 10.2. The molecular weight excluding hydrogens is 332 g/mol. The molecule has 0 radical (unpaired) electrons. The number of nitrogens with one attached hydrogen (secondary N) is 1. The Balaban J connectivity index is 1.82. The maximum atomic E-state index is 5.88. The highest BCUT2D eigenvalue weighted by Crippen LogP contribution is 2.33. The Morgan fingerprint density at radius 1 is 1.12 bits per heavy atom. The first kappa shape index (κ1) is 16.1. The normalized spacial score (nSPS) is 10.5. The van der Waals surface area contributed by atoms with Gasteiger partial charge in [-0.15, -0.1) is 5.10 Å². The third-order valence-electron chi connectivity index (χ3n) is 3.27. The Labute approximate surface area is 143 Å². The molecule has 0 spiro atoms. The zero-order chi connectivity index (χ0) is 16.9. The number of hydrazine groups is 1. The number of hydrogen-bond donors (Lipinski definition) is 2. The SMILES string of the molecule is COc1ccc(-c2nnc(NN)o2)cc1OCc1ccc(Cl)cc1. The molecule has 0 aliphatic heterocycles. The van der Waals surface area contributed by atoms with Crippen molar-refractivity contribution in [2.75, 3.05) is 12.5 Å². The lowest BCUT2D eigenvalue weighted by Gasteiger charge is -2.11. The molecule has 0 fully saturated rings. The van der Waals surface area contributed by atoms with Crippen molar-refractivity contribution in [1.82, 2.24) is 10.2 Å². The molecule has 8 heteroatoms. The van der Waals surface area contributed by atoms with Crippen molar-refractivity contribution in [3.8, 4) is 23.0 Å². The predicted molar refractivity (Wildman–Crippen MR) is 89.9 cm³/mol. The molecule has 0 saturated carbocycles. The fraction of sp³-hybridized carbons (Fsp3) is 0.125. The summed E-state index contributed by atoms with van der Waals surface area (Å²) in [6.07, 6.45) is 0. The number of halogens is 1. The Hall–Kier alpha value is -2.77. The van der Waals surface area contributed by atoms with E-state index in [-0.39, 0.29) is 6.01 Å². The molecule has 0 amide bonds. The highest BCUT2D eigenvalue weighted by Gasteiger charge is 2.12. The lowest BCUT2D eigenvalue weighted by molar-refractivity contribution is 0.284. The number of ether oxygens (including phenoxy) is 2. The van der Waals surface area contributed by atoms with Crippen LogP contribution in [0.25, 0.3) is 11.5 Å². The minimum absolute atomic E-state index is 0.129. The van der Waals surface area contributed by atoms with Crippen molar-refractivity contribution in [3.05, 3.63) is 53.1 Å². The Morgan fingerprint density at radius 2 is 1.92 bits per heavy atom. The molecular formula is C16H15ClN4O3. The molecule has 7 nitrogen and oxygen atoms in total. The van der Waals surface area contributed by atoms with Crippen molar-refractivity contribution in [2.45, 2.75) is 6.61 Å². The number of rotatable bonds is 6. The summed E-state index contributed by atoms with van der Waals surface area (Å²) in [6.45, 7) is 0.371. The summed E-state index contributed by atoms with van der Waals surface area (Å²) in [7, 11) is 1.58. The minimum atomic E-state index is 0.129. The van der Waals surface area contributed by atoms with E-state index in [9.17, 15) is 0 Å². The number of anilines is 1. The van der Waals surface area contributed by atoms with Gasteiger partial charge in [0.05, 0.1) is 7.11 Å². The molecule has 0 bridgehead atoms. The Morgan fingerprint density at radius 3 is 2.58 bits per heavy atom. The predicted octanol–water partition coefficient (Wildman–Crippen LogP) is 3.26. The van der Waals surface area contributed by atoms with Crippen LogP contribution in [0.15, 0.2) is 46.9 Å². The van der Waals surface area contributed by atoms with Gasteiger partial charge in [-0.2, -0.15) is 0 Å². The van der Waals surface area contributed by atoms with Gasteiger partial charge in [-0.05, 0) is 35.9 Å². The zero-order valence-electron chi connectivity index (χ0n) is 12.8. The van der Waals surface area contributed by atoms with Crippen LogP contribution in [-0.4, -0.2) is 17.3 Å². The molecule has 0 atom stereocenters. The molecule has 2 aromatic carbocycles. The first-order valence-electron chi connectivity index (χ1n) is 7.05. The molecule has 24 heavy (non-hydrogen) atoms. The van der Waals surface area contributed by atoms with Crippen LogP contribution in [0.2, 0.25) is 5.02 Å². The Kier molecular flexibility index (Phi) is 4.83. The second kappa shape index (κ2) is 7.20. The van der Waals surface area contributed by atoms with Crippen molar-refractivity contribution in [3.63, 3.8) is 0 Å². The first-order chi connectivity index (χ1) is 11.7. The van der Waals surface area contributed by atoms with Gasteiger partial charge in [-0.25, -0.2) is 5.84 Å². The van der Waals surface area contributed by atoms with Crippen molar-refractivity contribution in [1.29, 1.82) is 0 Å². The highest BCUT2D eigenvalue weighted by atomic mass is 35.5. The van der Waals surface area contributed by atoms with Gasteiger partial charge in [0, 0.05) is 10.6 Å². The van der Waals surface area contributed by atoms with Crippen molar-refractivity contribution < 1.29 is 13.9 Å². The van der Waals surface area contributed by atoms with Gasteiger partial charge < -0.3 is 13.9 Å². The molecule has 0 saturated heterocycles. The molecule has 3 N–H and O–H groups in total. The summed E-state index contributed by atoms with van der Waals surface area (Å²) in [5, 5.41) is 8.34. The van der Waals surface area contributed by atoms with Crippen LogP contribution in [-0.2, 0) is 6.61 Å². The standard InChI is InChI=1S/C16H15ClN4O3/c1-22-13-7-4-11(15-20-21-16(19-18)24-15)8-14(13)23-9-10-2-5-12(17)6-3-10/h2-8H,9,18H2,1H3,(H,19,21). The third-order valence-corrected chi connectivity index (χ3v) is 3.52. The van der Waals surface area contributed by atoms with E-state index in [0.717, 1.165) is 5.56 Å². The summed E-state index contributed by atoms with van der Waals surface area (Å²) in [5.74, 6) is 6.72. The van der Waals surface area contributed by atoms with Crippen LogP contribution in [0, 0.1) is 0 Å². The van der Waals surface area contributed by atoms with Crippen LogP contribution in [0.4, 0.5) is 6.01 Å². The second-order valence-corrected chi connectivity index (χ2v) is 5.27. The molecule has 1 heterocycles. The zero-order valence-corrected chi connectivity index (χ0v) is 13.6. The molecule has 0 aliphatic rings. The molecule has 1 aromatic heterocycles. The van der Waals surface area contributed by atoms with Crippen LogP contribution in [0.5, 0.6) is 11.5 Å². The Bertz CT molecular complexity index is 820. The van der Waals surface area contributed by atoms with Crippen LogP contribution >= 0.6 is 11.6 Å². The number of hydrogen-bond acceptors (Lipinski definition) is 7. The van der Waals surface area contributed by atoms with Gasteiger partial charge in [0.15, 0.2) is 11.5 Å². The molecule has 3 aromatic rings. The smallest absolute Gasteiger partial charge is 0.330 e. The van der Waals surface area contributed by atoms with Gasteiger partial charge >= 0.3 is 6.01 Å². The fourth-order valence-electron chi connectivity index (χ4n) is 2.06. The number of methoxy groups -OCH3 is 1. The molecule has 0 aliphatic carbocycles. The van der Waals surface area contributed by atoms with Crippen molar-refractivity contribution in [2.24, 2.45) is 5.84 Å². The van der Waals surface area contributed by atoms with E-state index in [4.69, 9.17) is 31.3 Å². The van der Waals surface area contributed by atoms with Gasteiger partial charge in [-0.3, -0.25) is 5.43 Å². The quantitative estimate of drug-likeness (QED) is 0.522. The largest absolute Gasteiger partial charge is 0.493 e. The third kappa shape index (κ3) is 3.58. The number of nitrogen functional groups attached to an aromatic ring is 1. The summed E-state index contributed by atoms with van der Waals surface area (Å²) in [4.78, 5) is 0. The van der Waals surface area contributed by atoms with Crippen LogP contribution in [0.3, 0.4) is 0 Å². The first-order valence-corrected chi connectivity index (χ1v) is 7.43. The van der Waals surface area contributed by atoms with E-state index in [1.807, 2.05) is 24.3 Å². The molecule has 0 unspecified atom stereocenters. The maximum Gasteiger partial charge on any atom is 0.330 e. The monoisotopic (exact) mass is 346 g/mol. The maximum absolute atomic E-state index is 5.88. The topological polar surface area (TPSA) is 95.4 Å². The van der Waals surface area contributed by atoms with E-state index < -0.39 is 0 Å². The molecule has 124 valence electrons. The van der Waals surface area contributed by atoms with E-state index in [1.165, 1.54) is 0 Å². The van der Waals surface area contributed by atoms with Crippen LogP contribution in [0.1, 0.15) is 5.56 Å². The number of nitrogens with zero attached hydrogens (tertiary/aromatic N) is 2. The van der Waals surface area contributed by atoms with Gasteiger partial charge in [-0.1, -0.05) is 28.8 Å². The van der Waals surface area contributed by atoms with E-state index in [1.54, 1.807) is 25.3 Å². The molecule has 3 rings (SSSR count). The van der Waals surface area contributed by atoms with E-state index in [2.05, 4.69) is 15.6 Å². The van der Waals surface area contributed by atoms with Crippen LogP contribution < -0.4 is 20.7 Å². The number of benzene rings is 2. The van der Waals surface area contributed by atoms with Gasteiger partial charge in [0.2, 0.25) is 5.89 Å². The summed E-state index contributed by atoms with van der Waals surface area (Å²) < 4.78 is 16.5. The van der Waals surface area contributed by atoms with E-state index in [0.29, 0.717) is 34.6 Å². The van der Waals surface area contributed by atoms with Gasteiger partial charge in [0.1, 0.15) is 6.61 Å². The average Bonchev–Trinajstić information content (AvgIpc) is 3.10. The fourth-order valence-corrected chi connectivity index (χ4v) is 2.19.